The summed E-state index contributed by atoms with van der Waals surface area (Å²) in [5.74, 6) is -0.735. The summed E-state index contributed by atoms with van der Waals surface area (Å²) < 4.78 is 16.0. The molecule has 4 rings (SSSR count). The smallest absolute Gasteiger partial charge is 0.413 e. The van der Waals surface area contributed by atoms with Crippen LogP contribution < -0.4 is 15.4 Å². The molecule has 1 fully saturated rings. The molecule has 13 nitrogen and oxygen atoms in total. The molecule has 0 saturated carbocycles. The van der Waals surface area contributed by atoms with Gasteiger partial charge in [-0.1, -0.05) is 47.1 Å². The Bertz CT molecular complexity index is 1500. The van der Waals surface area contributed by atoms with E-state index >= 15 is 0 Å². The van der Waals surface area contributed by atoms with Crippen molar-refractivity contribution in [3.8, 4) is 5.75 Å². The molecule has 44 heavy (non-hydrogen) atoms. The Morgan fingerprint density at radius 2 is 1.89 bits per heavy atom. The zero-order valence-electron chi connectivity index (χ0n) is 24.9. The van der Waals surface area contributed by atoms with Crippen LogP contribution in [-0.2, 0) is 35.3 Å². The lowest BCUT2D eigenvalue weighted by molar-refractivity contribution is -0.153. The lowest BCUT2D eigenvalue weighted by atomic mass is 10.0. The van der Waals surface area contributed by atoms with Crippen LogP contribution in [0.1, 0.15) is 45.4 Å². The predicted octanol–water partition coefficient (Wildman–Crippen LogP) is 4.31. The van der Waals surface area contributed by atoms with Gasteiger partial charge in [0.25, 0.3) is 11.8 Å². The number of fused-ring (bicyclic) bond motifs is 1. The number of halogens is 1. The van der Waals surface area contributed by atoms with Crippen LogP contribution in [0.15, 0.2) is 40.7 Å². The van der Waals surface area contributed by atoms with Crippen molar-refractivity contribution in [1.29, 1.82) is 0 Å². The Kier molecular flexibility index (Phi) is 10.4. The van der Waals surface area contributed by atoms with Gasteiger partial charge in [-0.15, -0.1) is 11.8 Å². The van der Waals surface area contributed by atoms with E-state index in [9.17, 15) is 19.2 Å². The number of oxime groups is 1. The minimum atomic E-state index is -0.964. The number of β-lactam (4-membered cyclic amide) rings is 1. The van der Waals surface area contributed by atoms with Gasteiger partial charge in [-0.3, -0.25) is 19.8 Å². The van der Waals surface area contributed by atoms with Gasteiger partial charge >= 0.3 is 12.1 Å². The number of amides is 3. The molecule has 0 bridgehead atoms. The average Bonchev–Trinajstić information content (AvgIpc) is 3.34. The van der Waals surface area contributed by atoms with Gasteiger partial charge in [0.2, 0.25) is 0 Å². The van der Waals surface area contributed by atoms with Gasteiger partial charge in [0, 0.05) is 5.75 Å². The van der Waals surface area contributed by atoms with Gasteiger partial charge in [-0.05, 0) is 50.5 Å². The third-order valence-electron chi connectivity index (χ3n) is 6.30. The van der Waals surface area contributed by atoms with E-state index in [1.54, 1.807) is 52.1 Å². The van der Waals surface area contributed by atoms with Gasteiger partial charge in [0.05, 0.1) is 7.11 Å². The van der Waals surface area contributed by atoms with E-state index in [-0.39, 0.29) is 33.2 Å². The van der Waals surface area contributed by atoms with Crippen LogP contribution in [0, 0.1) is 0 Å². The van der Waals surface area contributed by atoms with Crippen molar-refractivity contribution in [2.75, 3.05) is 25.3 Å². The number of ether oxygens (including phenoxy) is 3. The number of hydrogen-bond acceptors (Lipinski definition) is 12. The number of benzene rings is 1. The molecule has 2 N–H and O–H groups in total. The van der Waals surface area contributed by atoms with Crippen molar-refractivity contribution in [2.45, 2.75) is 57.7 Å². The number of rotatable bonds is 10. The first-order chi connectivity index (χ1) is 20.9. The first-order valence-electron chi connectivity index (χ1n) is 13.4. The summed E-state index contributed by atoms with van der Waals surface area (Å²) in [7, 11) is 2.80. The second kappa shape index (κ2) is 13.9. The molecule has 3 amide bonds. The van der Waals surface area contributed by atoms with Crippen LogP contribution in [0.3, 0.4) is 0 Å². The van der Waals surface area contributed by atoms with E-state index in [1.165, 1.54) is 23.8 Å². The highest BCUT2D eigenvalue weighted by molar-refractivity contribution is 8.00. The number of anilines is 1. The summed E-state index contributed by atoms with van der Waals surface area (Å²) in [6.45, 7) is 7.04. The zero-order chi connectivity index (χ0) is 32.2. The van der Waals surface area contributed by atoms with Crippen molar-refractivity contribution in [3.63, 3.8) is 0 Å². The van der Waals surface area contributed by atoms with E-state index in [1.807, 2.05) is 6.92 Å². The highest BCUT2D eigenvalue weighted by Crippen LogP contribution is 2.41. The van der Waals surface area contributed by atoms with Crippen LogP contribution in [0.25, 0.3) is 0 Å². The molecule has 0 spiro atoms. The normalized spacial score (nSPS) is 18.2. The molecule has 0 radical (unpaired) electrons. The SMILES string of the molecule is CCC1=C(C(=O)OCc2ccc(OC)cc2)N2C(=O)[C@@H](NC(=O)/C(=N\OC)c3nc(NC(=O)OC(C)(C)C)sc3Cl)[C@H]2SC1. The fraction of sp³-hybridized carbons (Fsp3) is 0.429. The Balaban J connectivity index is 1.45. The Labute approximate surface area is 267 Å². The topological polar surface area (TPSA) is 158 Å². The van der Waals surface area contributed by atoms with E-state index in [2.05, 4.69) is 20.8 Å². The minimum Gasteiger partial charge on any atom is -0.497 e. The molecular weight excluding hydrogens is 634 g/mol. The van der Waals surface area contributed by atoms with Gasteiger partial charge in [0.1, 0.15) is 52.2 Å². The maximum atomic E-state index is 13.3. The number of methoxy groups -OCH3 is 1. The highest BCUT2D eigenvalue weighted by Gasteiger charge is 2.54. The van der Waals surface area contributed by atoms with E-state index in [4.69, 9.17) is 30.6 Å². The third kappa shape index (κ3) is 7.45. The molecule has 1 saturated heterocycles. The highest BCUT2D eigenvalue weighted by atomic mass is 35.5. The van der Waals surface area contributed by atoms with Crippen molar-refractivity contribution >= 4 is 69.4 Å². The summed E-state index contributed by atoms with van der Waals surface area (Å²) in [5.41, 5.74) is 0.614. The molecule has 0 unspecified atom stereocenters. The van der Waals surface area contributed by atoms with E-state index in [0.29, 0.717) is 17.9 Å². The van der Waals surface area contributed by atoms with Crippen molar-refractivity contribution < 1.29 is 38.2 Å². The molecular formula is C28H32ClN5O8S2. The van der Waals surface area contributed by atoms with Gasteiger partial charge in [-0.2, -0.15) is 0 Å². The summed E-state index contributed by atoms with van der Waals surface area (Å²) in [6, 6.07) is 6.13. The van der Waals surface area contributed by atoms with Crippen molar-refractivity contribution in [1.82, 2.24) is 15.2 Å². The number of aromatic nitrogens is 1. The number of thiazole rings is 1. The van der Waals surface area contributed by atoms with E-state index < -0.39 is 40.9 Å². The van der Waals surface area contributed by atoms with Gasteiger partial charge in [0.15, 0.2) is 10.8 Å². The summed E-state index contributed by atoms with van der Waals surface area (Å²) in [6.07, 6.45) is -0.211. The lowest BCUT2D eigenvalue weighted by Crippen LogP contribution is -2.71. The average molecular weight is 666 g/mol. The number of nitrogens with zero attached hydrogens (tertiary/aromatic N) is 3. The monoisotopic (exact) mass is 665 g/mol. The zero-order valence-corrected chi connectivity index (χ0v) is 27.3. The van der Waals surface area contributed by atoms with Crippen molar-refractivity contribution in [3.05, 3.63) is 51.1 Å². The second-order valence-corrected chi connectivity index (χ2v) is 13.2. The standard InChI is InChI=1S/C28H32ClN5O8S2/c1-7-15-13-43-24-19(23(36)34(24)20(15)25(37)41-12-14-8-10-16(39-5)11-9-14)30-22(35)18(33-40-6)17-21(29)44-26(31-17)32-27(38)42-28(2,3)4/h8-11,19,24H,7,12-13H2,1-6H3,(H,30,35)(H,31,32,38)/b33-18-/t19-,24-/m1/s1. The number of carbonyl (C=O) groups excluding carboxylic acids is 4. The second-order valence-electron chi connectivity index (χ2n) is 10.5. The van der Waals surface area contributed by atoms with Crippen LogP contribution in [0.5, 0.6) is 5.75 Å². The van der Waals surface area contributed by atoms with Crippen LogP contribution in [0.2, 0.25) is 4.34 Å². The fourth-order valence-corrected chi connectivity index (χ4v) is 6.75. The lowest BCUT2D eigenvalue weighted by Gasteiger charge is -2.49. The molecule has 1 aromatic heterocycles. The molecule has 2 aliphatic rings. The maximum Gasteiger partial charge on any atom is 0.413 e. The van der Waals surface area contributed by atoms with E-state index in [0.717, 1.165) is 22.5 Å². The Hall–Kier alpha value is -3.82. The van der Waals surface area contributed by atoms with Gasteiger partial charge in [-0.25, -0.2) is 14.6 Å². The summed E-state index contributed by atoms with van der Waals surface area (Å²) in [4.78, 5) is 62.5. The molecule has 2 atom stereocenters. The molecule has 236 valence electrons. The minimum absolute atomic E-state index is 0.0132. The predicted molar refractivity (Wildman–Crippen MR) is 166 cm³/mol. The fourth-order valence-electron chi connectivity index (χ4n) is 4.27. The Morgan fingerprint density at radius 3 is 2.50 bits per heavy atom. The van der Waals surface area contributed by atoms with Crippen LogP contribution in [0.4, 0.5) is 9.93 Å². The molecule has 16 heteroatoms. The molecule has 0 aliphatic carbocycles. The number of nitrogens with one attached hydrogen (secondary N) is 2. The first-order valence-corrected chi connectivity index (χ1v) is 15.7. The first kappa shape index (κ1) is 33.1. The van der Waals surface area contributed by atoms with Crippen LogP contribution in [-0.4, -0.2) is 76.5 Å². The van der Waals surface area contributed by atoms with Crippen LogP contribution >= 0.6 is 34.7 Å². The maximum absolute atomic E-state index is 13.3. The number of esters is 1. The van der Waals surface area contributed by atoms with Crippen molar-refractivity contribution in [2.24, 2.45) is 5.16 Å². The quantitative estimate of drug-likeness (QED) is 0.162. The van der Waals surface area contributed by atoms with Gasteiger partial charge < -0.3 is 24.4 Å². The number of carbonyl (C=O) groups is 4. The molecule has 2 aromatic rings. The molecule has 1 aromatic carbocycles. The Morgan fingerprint density at radius 1 is 1.18 bits per heavy atom. The molecule has 2 aliphatic heterocycles. The largest absolute Gasteiger partial charge is 0.497 e. The number of thioether (sulfide) groups is 1. The summed E-state index contributed by atoms with van der Waals surface area (Å²) in [5, 5.41) is 8.43. The molecule has 3 heterocycles. The third-order valence-corrected chi connectivity index (χ3v) is 8.81. The summed E-state index contributed by atoms with van der Waals surface area (Å²) >= 11 is 8.65. The number of hydrogen-bond donors (Lipinski definition) is 2.